The zero-order valence-corrected chi connectivity index (χ0v) is 30.8. The largest absolute Gasteiger partial charge is 0.382 e. The van der Waals surface area contributed by atoms with E-state index in [2.05, 4.69) is 4.90 Å². The van der Waals surface area contributed by atoms with Crippen LogP contribution in [0.5, 0.6) is 0 Å². The van der Waals surface area contributed by atoms with E-state index >= 15 is 0 Å². The van der Waals surface area contributed by atoms with Crippen molar-refractivity contribution in [2.45, 2.75) is 0 Å². The molecule has 0 aliphatic heterocycles. The predicted octanol–water partition coefficient (Wildman–Crippen LogP) is 0.427. The van der Waals surface area contributed by atoms with E-state index in [0.29, 0.717) is 178 Å². The van der Waals surface area contributed by atoms with Crippen molar-refractivity contribution in [1.82, 2.24) is 4.90 Å². The average Bonchev–Trinajstić information content (AvgIpc) is 3.11. The first-order valence-electron chi connectivity index (χ1n) is 17.5. The summed E-state index contributed by atoms with van der Waals surface area (Å²) in [7, 11) is 4.95. The molecule has 0 aliphatic rings. The molecule has 0 bridgehead atoms. The highest BCUT2D eigenvalue weighted by Gasteiger charge is 2.06. The molecule has 0 atom stereocenters. The molecular weight excluding hydrogens is 650 g/mol. The second-order valence-electron chi connectivity index (χ2n) is 10.2. The van der Waals surface area contributed by atoms with E-state index in [1.165, 1.54) is 0 Å². The molecule has 16 nitrogen and oxygen atoms in total. The molecule has 296 valence electrons. The first-order valence-corrected chi connectivity index (χ1v) is 17.5. The van der Waals surface area contributed by atoms with Gasteiger partial charge in [-0.25, -0.2) is 0 Å². The molecule has 16 heteroatoms. The molecule has 0 aliphatic carbocycles. The van der Waals surface area contributed by atoms with Crippen molar-refractivity contribution in [2.75, 3.05) is 219 Å². The number of ether oxygens (including phenoxy) is 15. The lowest BCUT2D eigenvalue weighted by Crippen LogP contribution is -2.34. The number of hydrogen-bond donors (Lipinski definition) is 0. The molecule has 0 rings (SSSR count). The number of nitrogens with zero attached hydrogens (tertiary/aromatic N) is 1. The summed E-state index contributed by atoms with van der Waals surface area (Å²) >= 11 is 0. The van der Waals surface area contributed by atoms with Crippen LogP contribution in [0.3, 0.4) is 0 Å². The second kappa shape index (κ2) is 45.4. The van der Waals surface area contributed by atoms with Crippen molar-refractivity contribution in [2.24, 2.45) is 0 Å². The van der Waals surface area contributed by atoms with Crippen LogP contribution in [0.4, 0.5) is 0 Å². The molecule has 0 saturated carbocycles. The van der Waals surface area contributed by atoms with Crippen molar-refractivity contribution < 1.29 is 71.1 Å². The molecule has 0 heterocycles. The zero-order chi connectivity index (χ0) is 35.4. The van der Waals surface area contributed by atoms with Crippen molar-refractivity contribution >= 4 is 0 Å². The summed E-state index contributed by atoms with van der Waals surface area (Å²) in [6.45, 7) is 17.0. The Hall–Kier alpha value is -0.640. The normalized spacial score (nSPS) is 11.8. The van der Waals surface area contributed by atoms with Gasteiger partial charge in [0.25, 0.3) is 0 Å². The number of hydrogen-bond acceptors (Lipinski definition) is 16. The Morgan fingerprint density at radius 2 is 0.347 bits per heavy atom. The minimum Gasteiger partial charge on any atom is -0.382 e. The Morgan fingerprint density at radius 1 is 0.204 bits per heavy atom. The maximum Gasteiger partial charge on any atom is 0.0701 e. The Bertz CT molecular complexity index is 510. The minimum absolute atomic E-state index is 0.514. The van der Waals surface area contributed by atoms with Gasteiger partial charge in [-0.15, -0.1) is 0 Å². The summed E-state index contributed by atoms with van der Waals surface area (Å²) in [5.41, 5.74) is 0. The number of methoxy groups -OCH3 is 3. The van der Waals surface area contributed by atoms with E-state index < -0.39 is 0 Å². The maximum absolute atomic E-state index is 5.78. The third-order valence-corrected chi connectivity index (χ3v) is 6.30. The predicted molar refractivity (Wildman–Crippen MR) is 182 cm³/mol. The van der Waals surface area contributed by atoms with Gasteiger partial charge in [0.1, 0.15) is 0 Å². The molecule has 49 heavy (non-hydrogen) atoms. The molecule has 0 aromatic heterocycles. The SMILES string of the molecule is COCCOCCOCCOCCOCCN(CCOCCOCCOCCOCCOC)CCOCCOCCOCCOCCOC. The van der Waals surface area contributed by atoms with Gasteiger partial charge in [0.15, 0.2) is 0 Å². The van der Waals surface area contributed by atoms with E-state index in [0.717, 1.165) is 19.6 Å². The van der Waals surface area contributed by atoms with Crippen LogP contribution in [0.15, 0.2) is 0 Å². The van der Waals surface area contributed by atoms with Crippen LogP contribution < -0.4 is 0 Å². The van der Waals surface area contributed by atoms with Crippen molar-refractivity contribution in [3.05, 3.63) is 0 Å². The van der Waals surface area contributed by atoms with E-state index in [-0.39, 0.29) is 0 Å². The van der Waals surface area contributed by atoms with Crippen LogP contribution >= 0.6 is 0 Å². The summed E-state index contributed by atoms with van der Waals surface area (Å²) in [6, 6.07) is 0. The Balaban J connectivity index is 3.93. The van der Waals surface area contributed by atoms with Gasteiger partial charge in [0.2, 0.25) is 0 Å². The molecule has 0 aromatic rings. The standard InChI is InChI=1S/C33H69NO15/c1-35-10-13-41-22-25-47-31-28-44-19-16-38-7-4-34(5-8-39-17-20-45-29-32-48-26-23-42-14-11-36-2)6-9-40-18-21-46-30-33-49-27-24-43-15-12-37-3/h4-33H2,1-3H3. The van der Waals surface area contributed by atoms with Crippen LogP contribution in [0.2, 0.25) is 0 Å². The Morgan fingerprint density at radius 3 is 0.510 bits per heavy atom. The van der Waals surface area contributed by atoms with Crippen LogP contribution in [0.1, 0.15) is 0 Å². The molecule has 0 saturated heterocycles. The molecule has 0 N–H and O–H groups in total. The first kappa shape index (κ1) is 48.4. The van der Waals surface area contributed by atoms with Crippen LogP contribution in [-0.2, 0) is 71.1 Å². The molecule has 0 radical (unpaired) electrons. The molecule has 0 amide bonds. The fourth-order valence-corrected chi connectivity index (χ4v) is 3.63. The van der Waals surface area contributed by atoms with Gasteiger partial charge in [-0.3, -0.25) is 4.90 Å². The third-order valence-electron chi connectivity index (χ3n) is 6.30. The van der Waals surface area contributed by atoms with Crippen LogP contribution in [0.25, 0.3) is 0 Å². The average molecular weight is 720 g/mol. The summed E-state index contributed by atoms with van der Waals surface area (Å²) in [6.07, 6.45) is 0. The van der Waals surface area contributed by atoms with Crippen LogP contribution in [-0.4, -0.2) is 224 Å². The highest BCUT2D eigenvalue weighted by atomic mass is 16.6. The maximum atomic E-state index is 5.78. The van der Waals surface area contributed by atoms with Gasteiger partial charge in [0.05, 0.1) is 178 Å². The minimum atomic E-state index is 0.514. The molecular formula is C33H69NO15. The van der Waals surface area contributed by atoms with E-state index in [4.69, 9.17) is 71.1 Å². The van der Waals surface area contributed by atoms with Gasteiger partial charge >= 0.3 is 0 Å². The first-order chi connectivity index (χ1) is 24.3. The van der Waals surface area contributed by atoms with Gasteiger partial charge in [-0.1, -0.05) is 0 Å². The van der Waals surface area contributed by atoms with Crippen molar-refractivity contribution in [3.8, 4) is 0 Å². The Kier molecular flexibility index (Phi) is 44.8. The quantitative estimate of drug-likeness (QED) is 0.0803. The van der Waals surface area contributed by atoms with E-state index in [9.17, 15) is 0 Å². The lowest BCUT2D eigenvalue weighted by Gasteiger charge is -2.22. The van der Waals surface area contributed by atoms with Gasteiger partial charge in [-0.2, -0.15) is 0 Å². The summed E-state index contributed by atoms with van der Waals surface area (Å²) < 4.78 is 81.3. The topological polar surface area (TPSA) is 142 Å². The van der Waals surface area contributed by atoms with E-state index in [1.807, 2.05) is 0 Å². The lowest BCUT2D eigenvalue weighted by molar-refractivity contribution is -0.0174. The zero-order valence-electron chi connectivity index (χ0n) is 30.8. The fourth-order valence-electron chi connectivity index (χ4n) is 3.63. The number of rotatable bonds is 45. The highest BCUT2D eigenvalue weighted by Crippen LogP contribution is 1.93. The summed E-state index contributed by atoms with van der Waals surface area (Å²) in [5.74, 6) is 0. The van der Waals surface area contributed by atoms with Crippen molar-refractivity contribution in [1.29, 1.82) is 0 Å². The second-order valence-corrected chi connectivity index (χ2v) is 10.2. The van der Waals surface area contributed by atoms with Gasteiger partial charge in [0, 0.05) is 41.0 Å². The van der Waals surface area contributed by atoms with Gasteiger partial charge < -0.3 is 71.1 Å². The highest BCUT2D eigenvalue weighted by molar-refractivity contribution is 4.57. The summed E-state index contributed by atoms with van der Waals surface area (Å²) in [5, 5.41) is 0. The lowest BCUT2D eigenvalue weighted by atomic mass is 10.4. The molecule has 0 fully saturated rings. The Labute approximate surface area is 295 Å². The van der Waals surface area contributed by atoms with Gasteiger partial charge in [-0.05, 0) is 0 Å². The molecule has 0 unspecified atom stereocenters. The third kappa shape index (κ3) is 43.4. The molecule has 0 aromatic carbocycles. The monoisotopic (exact) mass is 719 g/mol. The van der Waals surface area contributed by atoms with Crippen molar-refractivity contribution in [3.63, 3.8) is 0 Å². The smallest absolute Gasteiger partial charge is 0.0701 e. The fraction of sp³-hybridized carbons (Fsp3) is 1.00. The molecule has 0 spiro atoms. The van der Waals surface area contributed by atoms with E-state index in [1.54, 1.807) is 21.3 Å². The summed E-state index contributed by atoms with van der Waals surface area (Å²) in [4.78, 5) is 2.26. The van der Waals surface area contributed by atoms with Crippen LogP contribution in [0, 0.1) is 0 Å².